The lowest BCUT2D eigenvalue weighted by Gasteiger charge is -2.32. The van der Waals surface area contributed by atoms with Crippen molar-refractivity contribution in [3.8, 4) is 0 Å². The highest BCUT2D eigenvalue weighted by atomic mass is 32.2. The Labute approximate surface area is 249 Å². The van der Waals surface area contributed by atoms with Crippen molar-refractivity contribution in [2.45, 2.75) is 36.6 Å². The van der Waals surface area contributed by atoms with E-state index in [9.17, 15) is 18.0 Å². The van der Waals surface area contributed by atoms with Gasteiger partial charge in [-0.15, -0.1) is 11.3 Å². The molecule has 220 valence electrons. The van der Waals surface area contributed by atoms with Crippen molar-refractivity contribution in [2.75, 3.05) is 31.5 Å². The van der Waals surface area contributed by atoms with Gasteiger partial charge < -0.3 is 20.9 Å². The van der Waals surface area contributed by atoms with E-state index in [-0.39, 0.29) is 28.7 Å². The number of amides is 3. The first-order valence-corrected chi connectivity index (χ1v) is 16.1. The Morgan fingerprint density at radius 3 is 2.50 bits per heavy atom. The molecule has 0 radical (unpaired) electrons. The van der Waals surface area contributed by atoms with Gasteiger partial charge in [-0.25, -0.2) is 17.9 Å². The van der Waals surface area contributed by atoms with Crippen LogP contribution in [0.2, 0.25) is 0 Å². The largest absolute Gasteiger partial charge is 0.347 e. The number of para-hydroxylation sites is 1. The maximum absolute atomic E-state index is 13.0. The van der Waals surface area contributed by atoms with Gasteiger partial charge in [0.2, 0.25) is 10.0 Å². The molecule has 5 rings (SSSR count). The van der Waals surface area contributed by atoms with Crippen molar-refractivity contribution in [3.63, 3.8) is 0 Å². The van der Waals surface area contributed by atoms with Crippen LogP contribution in [0.1, 0.15) is 33.8 Å². The number of fused-ring (bicyclic) bond motifs is 1. The number of aryl methyl sites for hydroxylation is 1. The molecule has 42 heavy (non-hydrogen) atoms. The van der Waals surface area contributed by atoms with E-state index in [0.29, 0.717) is 31.5 Å². The molecule has 1 saturated heterocycles. The van der Waals surface area contributed by atoms with Crippen LogP contribution in [0.3, 0.4) is 0 Å². The fraction of sp³-hybridized carbons (Fsp3) is 0.300. The van der Waals surface area contributed by atoms with Gasteiger partial charge >= 0.3 is 6.03 Å². The predicted molar refractivity (Wildman–Crippen MR) is 165 cm³/mol. The van der Waals surface area contributed by atoms with Crippen molar-refractivity contribution in [3.05, 3.63) is 88.9 Å². The predicted octanol–water partition coefficient (Wildman–Crippen LogP) is 4.10. The first-order valence-electron chi connectivity index (χ1n) is 13.8. The lowest BCUT2D eigenvalue weighted by atomic mass is 10.1. The van der Waals surface area contributed by atoms with Crippen LogP contribution >= 0.6 is 11.3 Å². The van der Waals surface area contributed by atoms with E-state index in [1.54, 1.807) is 36.4 Å². The van der Waals surface area contributed by atoms with E-state index in [4.69, 9.17) is 0 Å². The Morgan fingerprint density at radius 2 is 1.71 bits per heavy atom. The molecule has 12 heteroatoms. The number of nitrogens with zero attached hydrogens (tertiary/aromatic N) is 2. The Morgan fingerprint density at radius 1 is 0.976 bits per heavy atom. The average Bonchev–Trinajstić information content (AvgIpc) is 3.47. The molecule has 3 amide bonds. The van der Waals surface area contributed by atoms with Gasteiger partial charge in [0.1, 0.15) is 4.21 Å². The van der Waals surface area contributed by atoms with Crippen LogP contribution in [0.25, 0.3) is 10.9 Å². The summed E-state index contributed by atoms with van der Waals surface area (Å²) in [6.07, 6.45) is 1.36. The molecule has 0 spiro atoms. The van der Waals surface area contributed by atoms with E-state index in [1.807, 2.05) is 43.3 Å². The number of hydrogen-bond acceptors (Lipinski definition) is 7. The van der Waals surface area contributed by atoms with E-state index in [2.05, 4.69) is 30.6 Å². The summed E-state index contributed by atoms with van der Waals surface area (Å²) in [6, 6.07) is 21.3. The molecule has 4 aromatic rings. The standard InChI is InChI=1S/C30H34N6O4S2/c1-21-19-27(25-9-5-6-10-26(25)33-21)34-30(38)31-15-18-36-16-13-23(14-17-36)35-42(39,40)28-12-11-24(41-28)20-32-29(37)22-7-3-2-4-8-22/h2-12,19,23,35H,13-18,20H2,1H3,(H,32,37)(H2,31,33,34,38). The summed E-state index contributed by atoms with van der Waals surface area (Å²) in [5.74, 6) is -0.202. The number of thiophene rings is 1. The number of urea groups is 1. The lowest BCUT2D eigenvalue weighted by Crippen LogP contribution is -2.46. The summed E-state index contributed by atoms with van der Waals surface area (Å²) >= 11 is 1.16. The number of likely N-dealkylation sites (tertiary alicyclic amines) is 1. The lowest BCUT2D eigenvalue weighted by molar-refractivity contribution is 0.0951. The Bertz CT molecular complexity index is 1650. The normalized spacial score (nSPS) is 14.5. The van der Waals surface area contributed by atoms with E-state index in [1.165, 1.54) is 0 Å². The second-order valence-electron chi connectivity index (χ2n) is 10.2. The molecule has 2 aromatic carbocycles. The van der Waals surface area contributed by atoms with Crippen molar-refractivity contribution < 1.29 is 18.0 Å². The molecular formula is C30H34N6O4S2. The maximum atomic E-state index is 13.0. The first kappa shape index (κ1) is 29.6. The fourth-order valence-corrected chi connectivity index (χ4v) is 7.53. The van der Waals surface area contributed by atoms with Gasteiger partial charge in [-0.05, 0) is 69.3 Å². The van der Waals surface area contributed by atoms with Gasteiger partial charge in [0.25, 0.3) is 5.91 Å². The zero-order chi connectivity index (χ0) is 29.5. The third-order valence-corrected chi connectivity index (χ3v) is 10.2. The van der Waals surface area contributed by atoms with Gasteiger partial charge in [0, 0.05) is 40.7 Å². The number of nitrogens with one attached hydrogen (secondary N) is 4. The van der Waals surface area contributed by atoms with Crippen LogP contribution in [0.15, 0.2) is 77.0 Å². The highest BCUT2D eigenvalue weighted by Crippen LogP contribution is 2.24. The minimum atomic E-state index is -3.66. The molecule has 1 aliphatic heterocycles. The summed E-state index contributed by atoms with van der Waals surface area (Å²) in [5.41, 5.74) is 2.94. The van der Waals surface area contributed by atoms with E-state index in [0.717, 1.165) is 51.6 Å². The van der Waals surface area contributed by atoms with Crippen molar-refractivity contribution in [2.24, 2.45) is 0 Å². The second-order valence-corrected chi connectivity index (χ2v) is 13.3. The van der Waals surface area contributed by atoms with Crippen LogP contribution in [-0.4, -0.2) is 62.5 Å². The molecule has 0 bridgehead atoms. The Kier molecular flexibility index (Phi) is 9.48. The third kappa shape index (κ3) is 7.71. The number of carbonyl (C=O) groups excluding carboxylic acids is 2. The molecule has 4 N–H and O–H groups in total. The number of aromatic nitrogens is 1. The fourth-order valence-electron chi connectivity index (χ4n) is 4.91. The van der Waals surface area contributed by atoms with Gasteiger partial charge in [0.05, 0.1) is 17.7 Å². The third-order valence-electron chi connectivity index (χ3n) is 7.08. The number of sulfonamides is 1. The number of hydrogen-bond donors (Lipinski definition) is 4. The van der Waals surface area contributed by atoms with Gasteiger partial charge in [-0.2, -0.15) is 0 Å². The summed E-state index contributed by atoms with van der Waals surface area (Å²) in [6.45, 7) is 4.76. The van der Waals surface area contributed by atoms with Crippen LogP contribution < -0.4 is 20.7 Å². The highest BCUT2D eigenvalue weighted by molar-refractivity contribution is 7.91. The summed E-state index contributed by atoms with van der Waals surface area (Å²) in [7, 11) is -3.66. The minimum Gasteiger partial charge on any atom is -0.347 e. The maximum Gasteiger partial charge on any atom is 0.319 e. The Hall–Kier alpha value is -3.84. The van der Waals surface area contributed by atoms with Gasteiger partial charge in [-0.3, -0.25) is 9.78 Å². The molecule has 0 unspecified atom stereocenters. The zero-order valence-corrected chi connectivity index (χ0v) is 24.9. The van der Waals surface area contributed by atoms with E-state index < -0.39 is 10.0 Å². The van der Waals surface area contributed by atoms with Crippen LogP contribution in [-0.2, 0) is 16.6 Å². The Balaban J connectivity index is 1.03. The smallest absolute Gasteiger partial charge is 0.319 e. The van der Waals surface area contributed by atoms with Crippen molar-refractivity contribution >= 4 is 49.9 Å². The number of piperidine rings is 1. The van der Waals surface area contributed by atoms with Crippen molar-refractivity contribution in [1.82, 2.24) is 25.2 Å². The molecule has 1 fully saturated rings. The molecule has 0 aliphatic carbocycles. The molecule has 10 nitrogen and oxygen atoms in total. The SMILES string of the molecule is Cc1cc(NC(=O)NCCN2CCC(NS(=O)(=O)c3ccc(CNC(=O)c4ccccc4)s3)CC2)c2ccccc2n1. The number of carbonyl (C=O) groups is 2. The average molecular weight is 607 g/mol. The van der Waals surface area contributed by atoms with Crippen LogP contribution in [0, 0.1) is 6.92 Å². The summed E-state index contributed by atoms with van der Waals surface area (Å²) in [4.78, 5) is 32.3. The zero-order valence-electron chi connectivity index (χ0n) is 23.3. The molecule has 0 atom stereocenters. The quantitative estimate of drug-likeness (QED) is 0.215. The highest BCUT2D eigenvalue weighted by Gasteiger charge is 2.25. The second kappa shape index (κ2) is 13.4. The molecule has 3 heterocycles. The van der Waals surface area contributed by atoms with Gasteiger partial charge in [-0.1, -0.05) is 36.4 Å². The number of benzene rings is 2. The molecule has 0 saturated carbocycles. The summed E-state index contributed by atoms with van der Waals surface area (Å²) in [5, 5.41) is 9.56. The summed E-state index contributed by atoms with van der Waals surface area (Å²) < 4.78 is 29.1. The molecule has 1 aliphatic rings. The van der Waals surface area contributed by atoms with Crippen LogP contribution in [0.5, 0.6) is 0 Å². The monoisotopic (exact) mass is 606 g/mol. The minimum absolute atomic E-state index is 0.158. The van der Waals surface area contributed by atoms with Gasteiger partial charge in [0.15, 0.2) is 0 Å². The van der Waals surface area contributed by atoms with Crippen LogP contribution in [0.4, 0.5) is 10.5 Å². The number of rotatable bonds is 10. The first-order chi connectivity index (χ1) is 20.3. The van der Waals surface area contributed by atoms with E-state index >= 15 is 0 Å². The number of pyridine rings is 1. The topological polar surface area (TPSA) is 133 Å². The molecule has 2 aromatic heterocycles. The van der Waals surface area contributed by atoms with Crippen molar-refractivity contribution in [1.29, 1.82) is 0 Å². The number of anilines is 1. The molecular weight excluding hydrogens is 573 g/mol.